The Morgan fingerprint density at radius 2 is 1.78 bits per heavy atom. The Kier molecular flexibility index (Phi) is 5.82. The van der Waals surface area contributed by atoms with Gasteiger partial charge in [-0.1, -0.05) is 6.07 Å². The number of hydrogen-bond acceptors (Lipinski definition) is 4. The lowest BCUT2D eigenvalue weighted by molar-refractivity contribution is 0.102. The summed E-state index contributed by atoms with van der Waals surface area (Å²) < 4.78 is 32.6. The molecule has 0 radical (unpaired) electrons. The molecule has 0 bridgehead atoms. The highest BCUT2D eigenvalue weighted by molar-refractivity contribution is 7.89. The molecule has 1 heterocycles. The summed E-state index contributed by atoms with van der Waals surface area (Å²) in [6.07, 6.45) is 1.74. The van der Waals surface area contributed by atoms with E-state index < -0.39 is 10.0 Å². The van der Waals surface area contributed by atoms with Crippen LogP contribution in [0.3, 0.4) is 0 Å². The van der Waals surface area contributed by atoms with Gasteiger partial charge in [-0.2, -0.15) is 4.31 Å². The van der Waals surface area contributed by atoms with Crippen molar-refractivity contribution >= 4 is 21.6 Å². The zero-order chi connectivity index (χ0) is 19.4. The Labute approximate surface area is 160 Å². The minimum atomic E-state index is -3.57. The minimum absolute atomic E-state index is 0.198. The van der Waals surface area contributed by atoms with Crippen molar-refractivity contribution < 1.29 is 17.9 Å². The van der Waals surface area contributed by atoms with Crippen LogP contribution in [-0.4, -0.2) is 38.3 Å². The molecule has 1 aliphatic rings. The summed E-state index contributed by atoms with van der Waals surface area (Å²) in [5.41, 5.74) is 1.57. The third kappa shape index (κ3) is 4.31. The van der Waals surface area contributed by atoms with Crippen LogP contribution in [0, 0.1) is 6.92 Å². The number of benzene rings is 2. The highest BCUT2D eigenvalue weighted by Gasteiger charge is 2.29. The van der Waals surface area contributed by atoms with Gasteiger partial charge in [-0.25, -0.2) is 8.42 Å². The normalized spacial score (nSPS) is 14.9. The van der Waals surface area contributed by atoms with Gasteiger partial charge >= 0.3 is 0 Å². The molecule has 2 aromatic rings. The zero-order valence-electron chi connectivity index (χ0n) is 15.6. The number of nitrogens with zero attached hydrogens (tertiary/aromatic N) is 1. The van der Waals surface area contributed by atoms with Crippen LogP contribution >= 0.6 is 0 Å². The summed E-state index contributed by atoms with van der Waals surface area (Å²) in [6, 6.07) is 11.8. The van der Waals surface area contributed by atoms with Crippen LogP contribution in [-0.2, 0) is 10.0 Å². The first kappa shape index (κ1) is 19.4. The van der Waals surface area contributed by atoms with E-state index in [1.807, 2.05) is 6.92 Å². The van der Waals surface area contributed by atoms with Gasteiger partial charge in [-0.15, -0.1) is 0 Å². The molecule has 3 rings (SSSR count). The second kappa shape index (κ2) is 8.10. The molecule has 1 saturated heterocycles. The maximum Gasteiger partial charge on any atom is 0.255 e. The van der Waals surface area contributed by atoms with Gasteiger partial charge in [0.25, 0.3) is 5.91 Å². The van der Waals surface area contributed by atoms with Gasteiger partial charge in [0.2, 0.25) is 10.0 Å². The Bertz CT molecular complexity index is 917. The van der Waals surface area contributed by atoms with E-state index in [-0.39, 0.29) is 10.8 Å². The van der Waals surface area contributed by atoms with E-state index >= 15 is 0 Å². The standard InChI is InChI=1S/C20H24N2O4S/c1-3-26-18-10-8-17(9-11-18)21-20(23)16-7-6-15(2)19(14-16)27(24,25)22-12-4-5-13-22/h6-11,14H,3-5,12-13H2,1-2H3,(H,21,23). The van der Waals surface area contributed by atoms with Crippen molar-refractivity contribution in [3.8, 4) is 5.75 Å². The predicted octanol–water partition coefficient (Wildman–Crippen LogP) is 3.43. The molecular formula is C20H24N2O4S. The van der Waals surface area contributed by atoms with Crippen molar-refractivity contribution in [1.82, 2.24) is 4.31 Å². The minimum Gasteiger partial charge on any atom is -0.494 e. The number of carbonyl (C=O) groups excluding carboxylic acids is 1. The van der Waals surface area contributed by atoms with E-state index in [1.165, 1.54) is 10.4 Å². The molecule has 0 aliphatic carbocycles. The summed E-state index contributed by atoms with van der Waals surface area (Å²) in [5, 5.41) is 2.79. The zero-order valence-corrected chi connectivity index (χ0v) is 16.4. The lowest BCUT2D eigenvalue weighted by Crippen LogP contribution is -2.28. The summed E-state index contributed by atoms with van der Waals surface area (Å²) in [7, 11) is -3.57. The number of ether oxygens (including phenoxy) is 1. The molecule has 7 heteroatoms. The molecule has 0 saturated carbocycles. The first-order valence-corrected chi connectivity index (χ1v) is 10.5. The number of rotatable bonds is 6. The SMILES string of the molecule is CCOc1ccc(NC(=O)c2ccc(C)c(S(=O)(=O)N3CCCC3)c2)cc1. The first-order chi connectivity index (χ1) is 12.9. The molecular weight excluding hydrogens is 364 g/mol. The topological polar surface area (TPSA) is 75.7 Å². The molecule has 1 aliphatic heterocycles. The number of aryl methyl sites for hydroxylation is 1. The van der Waals surface area contributed by atoms with Gasteiger partial charge in [0.05, 0.1) is 11.5 Å². The number of carbonyl (C=O) groups is 1. The van der Waals surface area contributed by atoms with Crippen LogP contribution in [0.1, 0.15) is 35.7 Å². The van der Waals surface area contributed by atoms with Crippen LogP contribution in [0.2, 0.25) is 0 Å². The summed E-state index contributed by atoms with van der Waals surface area (Å²) >= 11 is 0. The molecule has 2 aromatic carbocycles. The average Bonchev–Trinajstić information content (AvgIpc) is 3.19. The largest absolute Gasteiger partial charge is 0.494 e. The fourth-order valence-corrected chi connectivity index (χ4v) is 4.86. The molecule has 0 spiro atoms. The number of sulfonamides is 1. The summed E-state index contributed by atoms with van der Waals surface area (Å²) in [4.78, 5) is 12.8. The molecule has 1 fully saturated rings. The highest BCUT2D eigenvalue weighted by atomic mass is 32.2. The van der Waals surface area contributed by atoms with Crippen molar-refractivity contribution in [3.05, 3.63) is 53.6 Å². The van der Waals surface area contributed by atoms with E-state index in [4.69, 9.17) is 4.74 Å². The van der Waals surface area contributed by atoms with Crippen molar-refractivity contribution in [3.63, 3.8) is 0 Å². The number of hydrogen-bond donors (Lipinski definition) is 1. The molecule has 0 atom stereocenters. The second-order valence-electron chi connectivity index (χ2n) is 6.50. The Morgan fingerprint density at radius 3 is 2.41 bits per heavy atom. The molecule has 1 amide bonds. The van der Waals surface area contributed by atoms with Crippen molar-refractivity contribution in [2.24, 2.45) is 0 Å². The Morgan fingerprint density at radius 1 is 1.11 bits per heavy atom. The van der Waals surface area contributed by atoms with Crippen LogP contribution in [0.15, 0.2) is 47.4 Å². The molecule has 27 heavy (non-hydrogen) atoms. The lowest BCUT2D eigenvalue weighted by Gasteiger charge is -2.18. The highest BCUT2D eigenvalue weighted by Crippen LogP contribution is 2.25. The van der Waals surface area contributed by atoms with E-state index in [9.17, 15) is 13.2 Å². The van der Waals surface area contributed by atoms with Gasteiger partial charge in [-0.3, -0.25) is 4.79 Å². The third-order valence-corrected chi connectivity index (χ3v) is 6.60. The van der Waals surface area contributed by atoms with E-state index in [1.54, 1.807) is 43.3 Å². The smallest absolute Gasteiger partial charge is 0.255 e. The van der Waals surface area contributed by atoms with Crippen LogP contribution < -0.4 is 10.1 Å². The number of nitrogens with one attached hydrogen (secondary N) is 1. The quantitative estimate of drug-likeness (QED) is 0.823. The van der Waals surface area contributed by atoms with Crippen LogP contribution in [0.5, 0.6) is 5.75 Å². The van der Waals surface area contributed by atoms with Gasteiger partial charge in [0, 0.05) is 24.3 Å². The Hall–Kier alpha value is -2.38. The van der Waals surface area contributed by atoms with Crippen LogP contribution in [0.4, 0.5) is 5.69 Å². The fraction of sp³-hybridized carbons (Fsp3) is 0.350. The molecule has 0 aromatic heterocycles. The Balaban J connectivity index is 1.81. The predicted molar refractivity (Wildman–Crippen MR) is 105 cm³/mol. The van der Waals surface area contributed by atoms with E-state index in [0.717, 1.165) is 18.6 Å². The number of anilines is 1. The molecule has 144 valence electrons. The van der Waals surface area contributed by atoms with Gasteiger partial charge in [0.15, 0.2) is 0 Å². The first-order valence-electron chi connectivity index (χ1n) is 9.07. The second-order valence-corrected chi connectivity index (χ2v) is 8.41. The molecule has 6 nitrogen and oxygen atoms in total. The maximum atomic E-state index is 12.9. The van der Waals surface area contributed by atoms with Crippen molar-refractivity contribution in [2.75, 3.05) is 25.0 Å². The number of amides is 1. The van der Waals surface area contributed by atoms with E-state index in [0.29, 0.717) is 36.5 Å². The van der Waals surface area contributed by atoms with Crippen molar-refractivity contribution in [1.29, 1.82) is 0 Å². The molecule has 0 unspecified atom stereocenters. The fourth-order valence-electron chi connectivity index (χ4n) is 3.09. The third-order valence-electron chi connectivity index (χ3n) is 4.56. The average molecular weight is 388 g/mol. The van der Waals surface area contributed by atoms with Gasteiger partial charge in [-0.05, 0) is 68.7 Å². The van der Waals surface area contributed by atoms with Gasteiger partial charge in [0.1, 0.15) is 5.75 Å². The molecule has 1 N–H and O–H groups in total. The monoisotopic (exact) mass is 388 g/mol. The summed E-state index contributed by atoms with van der Waals surface area (Å²) in [5.74, 6) is 0.377. The van der Waals surface area contributed by atoms with E-state index in [2.05, 4.69) is 5.32 Å². The van der Waals surface area contributed by atoms with Crippen LogP contribution in [0.25, 0.3) is 0 Å². The maximum absolute atomic E-state index is 12.9. The van der Waals surface area contributed by atoms with Crippen molar-refractivity contribution in [2.45, 2.75) is 31.6 Å². The lowest BCUT2D eigenvalue weighted by atomic mass is 10.1. The summed E-state index contributed by atoms with van der Waals surface area (Å²) in [6.45, 7) is 5.29. The van der Waals surface area contributed by atoms with Gasteiger partial charge < -0.3 is 10.1 Å².